The third kappa shape index (κ3) is 3.79. The molecule has 1 unspecified atom stereocenters. The highest BCUT2D eigenvalue weighted by Crippen LogP contribution is 2.30. The maximum atomic E-state index is 12.1. The first kappa shape index (κ1) is 15.9. The van der Waals surface area contributed by atoms with Crippen LogP contribution in [0.25, 0.3) is 0 Å². The van der Waals surface area contributed by atoms with Crippen LogP contribution in [-0.4, -0.2) is 30.9 Å². The van der Waals surface area contributed by atoms with Crippen LogP contribution in [0, 0.1) is 0 Å². The van der Waals surface area contributed by atoms with Gasteiger partial charge in [-0.2, -0.15) is 0 Å². The van der Waals surface area contributed by atoms with E-state index in [1.54, 1.807) is 32.4 Å². The molecule has 118 valence electrons. The van der Waals surface area contributed by atoms with Gasteiger partial charge in [0, 0.05) is 5.56 Å². The highest BCUT2D eigenvalue weighted by molar-refractivity contribution is 5.75. The van der Waals surface area contributed by atoms with Crippen LogP contribution in [0.15, 0.2) is 47.1 Å². The van der Waals surface area contributed by atoms with E-state index in [-0.39, 0.29) is 12.6 Å². The number of benzene rings is 1. The van der Waals surface area contributed by atoms with Crippen molar-refractivity contribution in [2.45, 2.75) is 19.0 Å². The number of furan rings is 1. The molecule has 0 aliphatic carbocycles. The lowest BCUT2D eigenvalue weighted by atomic mass is 10.0. The first-order valence-electron chi connectivity index (χ1n) is 7.00. The number of para-hydroxylation sites is 1. The Hall–Kier alpha value is -2.47. The minimum atomic E-state index is -0.489. The van der Waals surface area contributed by atoms with Gasteiger partial charge < -0.3 is 24.9 Å². The van der Waals surface area contributed by atoms with Crippen LogP contribution in [0.2, 0.25) is 0 Å². The molecule has 0 fully saturated rings. The first-order valence-corrected chi connectivity index (χ1v) is 7.00. The monoisotopic (exact) mass is 304 g/mol. The smallest absolute Gasteiger partial charge is 0.315 e. The summed E-state index contributed by atoms with van der Waals surface area (Å²) in [5.74, 6) is 1.25. The summed E-state index contributed by atoms with van der Waals surface area (Å²) >= 11 is 0. The van der Waals surface area contributed by atoms with Crippen LogP contribution in [0.3, 0.4) is 0 Å². The van der Waals surface area contributed by atoms with Crippen molar-refractivity contribution in [1.82, 2.24) is 10.6 Å². The Balaban J connectivity index is 2.26. The average Bonchev–Trinajstić information content (AvgIpc) is 3.06. The van der Waals surface area contributed by atoms with Crippen molar-refractivity contribution in [2.24, 2.45) is 0 Å². The Bertz CT molecular complexity index is 598. The number of methoxy groups -OCH3 is 1. The number of aliphatic hydroxyl groups excluding tert-OH is 1. The number of ether oxygens (including phenoxy) is 1. The van der Waals surface area contributed by atoms with E-state index in [0.717, 1.165) is 5.56 Å². The van der Waals surface area contributed by atoms with E-state index in [0.29, 0.717) is 11.5 Å². The molecular formula is C16H20N2O4. The number of aliphatic hydroxyl groups is 1. The first-order chi connectivity index (χ1) is 10.7. The van der Waals surface area contributed by atoms with Crippen molar-refractivity contribution in [2.75, 3.05) is 13.7 Å². The van der Waals surface area contributed by atoms with Crippen LogP contribution in [-0.2, 0) is 0 Å². The summed E-state index contributed by atoms with van der Waals surface area (Å²) in [6, 6.07) is 9.73. The number of rotatable bonds is 6. The summed E-state index contributed by atoms with van der Waals surface area (Å²) in [4.78, 5) is 12.1. The molecule has 2 aromatic rings. The Morgan fingerprint density at radius 3 is 2.68 bits per heavy atom. The zero-order valence-electron chi connectivity index (χ0n) is 12.6. The average molecular weight is 304 g/mol. The van der Waals surface area contributed by atoms with Crippen LogP contribution in [0.5, 0.6) is 5.75 Å². The molecule has 0 spiro atoms. The molecule has 3 N–H and O–H groups in total. The minimum absolute atomic E-state index is 0.131. The van der Waals surface area contributed by atoms with Gasteiger partial charge in [0.05, 0.1) is 26.0 Å². The van der Waals surface area contributed by atoms with E-state index in [9.17, 15) is 4.79 Å². The number of urea groups is 1. The fourth-order valence-corrected chi connectivity index (χ4v) is 2.10. The normalized spacial score (nSPS) is 13.2. The van der Waals surface area contributed by atoms with E-state index >= 15 is 0 Å². The summed E-state index contributed by atoms with van der Waals surface area (Å²) in [6.07, 6.45) is 1.55. The van der Waals surface area contributed by atoms with Crippen LogP contribution >= 0.6 is 0 Å². The van der Waals surface area contributed by atoms with Gasteiger partial charge in [0.15, 0.2) is 0 Å². The molecule has 0 bridgehead atoms. The van der Waals surface area contributed by atoms with Gasteiger partial charge in [-0.25, -0.2) is 4.79 Å². The molecule has 2 amide bonds. The summed E-state index contributed by atoms with van der Waals surface area (Å²) in [5, 5.41) is 14.5. The molecule has 1 aromatic heterocycles. The molecule has 0 aliphatic rings. The van der Waals surface area contributed by atoms with Gasteiger partial charge in [0.2, 0.25) is 0 Å². The van der Waals surface area contributed by atoms with E-state index < -0.39 is 12.1 Å². The molecule has 0 aliphatic heterocycles. The third-order valence-electron chi connectivity index (χ3n) is 3.20. The zero-order valence-corrected chi connectivity index (χ0v) is 12.6. The SMILES string of the molecule is COc1ccccc1C(NC(=O)N[C@@H](C)CO)c1ccco1. The highest BCUT2D eigenvalue weighted by atomic mass is 16.5. The van der Waals surface area contributed by atoms with Gasteiger partial charge in [0.1, 0.15) is 17.6 Å². The van der Waals surface area contributed by atoms with Gasteiger partial charge in [-0.05, 0) is 25.1 Å². The summed E-state index contributed by atoms with van der Waals surface area (Å²) in [6.45, 7) is 1.58. The van der Waals surface area contributed by atoms with E-state index in [4.69, 9.17) is 14.3 Å². The number of carbonyl (C=O) groups excluding carboxylic acids is 1. The number of hydrogen-bond donors (Lipinski definition) is 3. The maximum Gasteiger partial charge on any atom is 0.315 e. The molecular weight excluding hydrogens is 284 g/mol. The van der Waals surface area contributed by atoms with Crippen molar-refractivity contribution < 1.29 is 19.1 Å². The van der Waals surface area contributed by atoms with Crippen molar-refractivity contribution >= 4 is 6.03 Å². The Labute approximate surface area is 129 Å². The number of hydrogen-bond acceptors (Lipinski definition) is 4. The molecule has 1 heterocycles. The van der Waals surface area contributed by atoms with Gasteiger partial charge in [-0.1, -0.05) is 18.2 Å². The van der Waals surface area contributed by atoms with Crippen LogP contribution < -0.4 is 15.4 Å². The maximum absolute atomic E-state index is 12.1. The Morgan fingerprint density at radius 2 is 2.05 bits per heavy atom. The zero-order chi connectivity index (χ0) is 15.9. The number of nitrogens with one attached hydrogen (secondary N) is 2. The second-order valence-electron chi connectivity index (χ2n) is 4.89. The molecule has 2 atom stereocenters. The predicted molar refractivity (Wildman–Crippen MR) is 81.8 cm³/mol. The minimum Gasteiger partial charge on any atom is -0.496 e. The topological polar surface area (TPSA) is 83.7 Å². The van der Waals surface area contributed by atoms with Crippen molar-refractivity contribution in [3.63, 3.8) is 0 Å². The van der Waals surface area contributed by atoms with Gasteiger partial charge in [-0.3, -0.25) is 0 Å². The van der Waals surface area contributed by atoms with Crippen molar-refractivity contribution in [3.05, 3.63) is 54.0 Å². The number of carbonyl (C=O) groups is 1. The molecule has 0 radical (unpaired) electrons. The molecule has 6 heteroatoms. The summed E-state index contributed by atoms with van der Waals surface area (Å²) in [5.41, 5.74) is 0.784. The molecule has 22 heavy (non-hydrogen) atoms. The standard InChI is InChI=1S/C16H20N2O4/c1-11(10-19)17-16(20)18-15(14-8-5-9-22-14)12-6-3-4-7-13(12)21-2/h3-9,11,15,19H,10H2,1-2H3,(H2,17,18,20)/t11-,15?/m0/s1. The molecule has 1 aromatic carbocycles. The Kier molecular flexibility index (Phi) is 5.43. The predicted octanol–water partition coefficient (Wildman–Crippen LogP) is 2.06. The lowest BCUT2D eigenvalue weighted by Gasteiger charge is -2.21. The van der Waals surface area contributed by atoms with Gasteiger partial charge in [0.25, 0.3) is 0 Å². The van der Waals surface area contributed by atoms with E-state index in [2.05, 4.69) is 10.6 Å². The van der Waals surface area contributed by atoms with Crippen LogP contribution in [0.4, 0.5) is 4.79 Å². The fourth-order valence-electron chi connectivity index (χ4n) is 2.10. The summed E-state index contributed by atoms with van der Waals surface area (Å²) in [7, 11) is 1.58. The second kappa shape index (κ2) is 7.51. The third-order valence-corrected chi connectivity index (χ3v) is 3.20. The van der Waals surface area contributed by atoms with E-state index in [1.807, 2.05) is 24.3 Å². The Morgan fingerprint density at radius 1 is 1.27 bits per heavy atom. The van der Waals surface area contributed by atoms with Gasteiger partial charge in [-0.15, -0.1) is 0 Å². The lowest BCUT2D eigenvalue weighted by Crippen LogP contribution is -2.43. The fraction of sp³-hybridized carbons (Fsp3) is 0.312. The quantitative estimate of drug-likeness (QED) is 0.762. The lowest BCUT2D eigenvalue weighted by molar-refractivity contribution is 0.217. The van der Waals surface area contributed by atoms with Crippen molar-refractivity contribution in [1.29, 1.82) is 0 Å². The molecule has 0 saturated heterocycles. The highest BCUT2D eigenvalue weighted by Gasteiger charge is 2.23. The van der Waals surface area contributed by atoms with E-state index in [1.165, 1.54) is 0 Å². The van der Waals surface area contributed by atoms with Gasteiger partial charge >= 0.3 is 6.03 Å². The molecule has 2 rings (SSSR count). The summed E-state index contributed by atoms with van der Waals surface area (Å²) < 4.78 is 10.8. The second-order valence-corrected chi connectivity index (χ2v) is 4.89. The number of amides is 2. The van der Waals surface area contributed by atoms with Crippen molar-refractivity contribution in [3.8, 4) is 5.75 Å². The molecule has 6 nitrogen and oxygen atoms in total. The molecule has 0 saturated carbocycles. The van der Waals surface area contributed by atoms with Crippen LogP contribution in [0.1, 0.15) is 24.3 Å². The largest absolute Gasteiger partial charge is 0.496 e.